The molecule has 0 unspecified atom stereocenters. The number of aromatic nitrogens is 2. The predicted octanol–water partition coefficient (Wildman–Crippen LogP) is 4.30. The van der Waals surface area contributed by atoms with Gasteiger partial charge < -0.3 is 9.47 Å². The second-order valence-electron chi connectivity index (χ2n) is 7.79. The first-order chi connectivity index (χ1) is 11.3. The SMILES string of the molecule is CC(C)CN(CC(C)C)C(=O)Cn1c(C(C)C)nc2ccccc21. The molecule has 1 amide bonds. The Labute approximate surface area is 145 Å². The number of fused-ring (bicyclic) bond motifs is 1. The molecule has 0 atom stereocenters. The van der Waals surface area contributed by atoms with Gasteiger partial charge in [0, 0.05) is 19.0 Å². The number of para-hydroxylation sites is 2. The zero-order chi connectivity index (χ0) is 17.9. The van der Waals surface area contributed by atoms with Gasteiger partial charge in [-0.05, 0) is 24.0 Å². The van der Waals surface area contributed by atoms with E-state index in [-0.39, 0.29) is 11.8 Å². The van der Waals surface area contributed by atoms with Gasteiger partial charge in [0.15, 0.2) is 0 Å². The van der Waals surface area contributed by atoms with Gasteiger partial charge in [-0.25, -0.2) is 4.98 Å². The van der Waals surface area contributed by atoms with Crippen molar-refractivity contribution in [1.82, 2.24) is 14.5 Å². The van der Waals surface area contributed by atoms with E-state index >= 15 is 0 Å². The third kappa shape index (κ3) is 4.37. The van der Waals surface area contributed by atoms with E-state index in [1.165, 1.54) is 0 Å². The topological polar surface area (TPSA) is 38.1 Å². The fourth-order valence-corrected chi connectivity index (χ4v) is 3.10. The molecule has 132 valence electrons. The molecule has 0 saturated carbocycles. The Morgan fingerprint density at radius 2 is 1.62 bits per heavy atom. The average Bonchev–Trinajstić information content (AvgIpc) is 2.85. The zero-order valence-electron chi connectivity index (χ0n) is 15.9. The lowest BCUT2D eigenvalue weighted by Crippen LogP contribution is -2.39. The standard InChI is InChI=1S/C20H31N3O/c1-14(2)11-22(12-15(3)4)19(24)13-23-18-10-8-7-9-17(18)21-20(23)16(5)6/h7-10,14-16H,11-13H2,1-6H3. The number of rotatable bonds is 7. The third-order valence-electron chi connectivity index (χ3n) is 4.02. The quantitative estimate of drug-likeness (QED) is 0.759. The number of benzene rings is 1. The second kappa shape index (κ2) is 7.82. The molecule has 0 spiro atoms. The van der Waals surface area contributed by atoms with E-state index in [1.54, 1.807) is 0 Å². The van der Waals surface area contributed by atoms with Crippen molar-refractivity contribution in [2.45, 2.75) is 54.0 Å². The molecule has 1 heterocycles. The normalized spacial score (nSPS) is 11.9. The van der Waals surface area contributed by atoms with Gasteiger partial charge in [0.2, 0.25) is 5.91 Å². The molecule has 0 aliphatic rings. The van der Waals surface area contributed by atoms with Crippen LogP contribution in [-0.2, 0) is 11.3 Å². The molecule has 4 nitrogen and oxygen atoms in total. The fourth-order valence-electron chi connectivity index (χ4n) is 3.10. The highest BCUT2D eigenvalue weighted by atomic mass is 16.2. The van der Waals surface area contributed by atoms with E-state index in [4.69, 9.17) is 4.98 Å². The summed E-state index contributed by atoms with van der Waals surface area (Å²) in [7, 11) is 0. The maximum atomic E-state index is 13.0. The third-order valence-corrected chi connectivity index (χ3v) is 4.02. The Hall–Kier alpha value is -1.84. The van der Waals surface area contributed by atoms with E-state index in [1.807, 2.05) is 23.1 Å². The molecule has 0 bridgehead atoms. The zero-order valence-corrected chi connectivity index (χ0v) is 15.9. The molecular formula is C20H31N3O. The van der Waals surface area contributed by atoms with Crippen LogP contribution in [0.5, 0.6) is 0 Å². The summed E-state index contributed by atoms with van der Waals surface area (Å²) in [6.07, 6.45) is 0. The lowest BCUT2D eigenvalue weighted by Gasteiger charge is -2.27. The van der Waals surface area contributed by atoms with E-state index in [0.717, 1.165) is 29.9 Å². The number of carbonyl (C=O) groups is 1. The maximum absolute atomic E-state index is 13.0. The number of nitrogens with zero attached hydrogens (tertiary/aromatic N) is 3. The smallest absolute Gasteiger partial charge is 0.242 e. The first-order valence-electron chi connectivity index (χ1n) is 9.02. The van der Waals surface area contributed by atoms with Crippen molar-refractivity contribution in [2.24, 2.45) is 11.8 Å². The minimum Gasteiger partial charge on any atom is -0.341 e. The molecule has 1 aromatic heterocycles. The van der Waals surface area contributed by atoms with Gasteiger partial charge in [-0.1, -0.05) is 53.7 Å². The van der Waals surface area contributed by atoms with Crippen LogP contribution < -0.4 is 0 Å². The van der Waals surface area contributed by atoms with Gasteiger partial charge in [0.1, 0.15) is 12.4 Å². The number of amides is 1. The second-order valence-corrected chi connectivity index (χ2v) is 7.79. The van der Waals surface area contributed by atoms with Crippen LogP contribution in [0.2, 0.25) is 0 Å². The number of hydrogen-bond donors (Lipinski definition) is 0. The van der Waals surface area contributed by atoms with Crippen molar-refractivity contribution in [1.29, 1.82) is 0 Å². The summed E-state index contributed by atoms with van der Waals surface area (Å²) in [5.41, 5.74) is 2.01. The van der Waals surface area contributed by atoms with Crippen LogP contribution in [0.15, 0.2) is 24.3 Å². The van der Waals surface area contributed by atoms with E-state index in [9.17, 15) is 4.79 Å². The molecule has 4 heteroatoms. The van der Waals surface area contributed by atoms with Crippen LogP contribution in [0.3, 0.4) is 0 Å². The lowest BCUT2D eigenvalue weighted by molar-refractivity contribution is -0.132. The summed E-state index contributed by atoms with van der Waals surface area (Å²) in [4.78, 5) is 19.7. The molecule has 0 aliphatic carbocycles. The Bertz CT molecular complexity index is 675. The van der Waals surface area contributed by atoms with Crippen molar-refractivity contribution in [2.75, 3.05) is 13.1 Å². The summed E-state index contributed by atoms with van der Waals surface area (Å²) in [5.74, 6) is 2.39. The molecule has 0 fully saturated rings. The maximum Gasteiger partial charge on any atom is 0.242 e. The summed E-state index contributed by atoms with van der Waals surface area (Å²) in [6.45, 7) is 14.9. The Morgan fingerprint density at radius 1 is 1.04 bits per heavy atom. The molecule has 2 aromatic rings. The molecule has 0 saturated heterocycles. The Kier molecular flexibility index (Phi) is 6.03. The summed E-state index contributed by atoms with van der Waals surface area (Å²) < 4.78 is 2.09. The molecule has 0 aliphatic heterocycles. The van der Waals surface area contributed by atoms with Gasteiger partial charge >= 0.3 is 0 Å². The van der Waals surface area contributed by atoms with E-state index < -0.39 is 0 Å². The van der Waals surface area contributed by atoms with Gasteiger partial charge in [0.05, 0.1) is 11.0 Å². The monoisotopic (exact) mass is 329 g/mol. The van der Waals surface area contributed by atoms with Crippen LogP contribution in [0.1, 0.15) is 53.3 Å². The van der Waals surface area contributed by atoms with Crippen molar-refractivity contribution in [3.05, 3.63) is 30.1 Å². The number of hydrogen-bond acceptors (Lipinski definition) is 2. The van der Waals surface area contributed by atoms with Crippen molar-refractivity contribution >= 4 is 16.9 Å². The van der Waals surface area contributed by atoms with Gasteiger partial charge in [0.25, 0.3) is 0 Å². The Morgan fingerprint density at radius 3 is 2.17 bits per heavy atom. The molecule has 0 radical (unpaired) electrons. The van der Waals surface area contributed by atoms with Crippen molar-refractivity contribution in [3.63, 3.8) is 0 Å². The Balaban J connectivity index is 2.32. The first kappa shape index (κ1) is 18.5. The highest BCUT2D eigenvalue weighted by Crippen LogP contribution is 2.22. The van der Waals surface area contributed by atoms with Crippen LogP contribution in [0.4, 0.5) is 0 Å². The molecular weight excluding hydrogens is 298 g/mol. The number of imidazole rings is 1. The summed E-state index contributed by atoms with van der Waals surface area (Å²) in [5, 5.41) is 0. The summed E-state index contributed by atoms with van der Waals surface area (Å²) in [6, 6.07) is 8.07. The minimum atomic E-state index is 0.183. The number of carbonyl (C=O) groups excluding carboxylic acids is 1. The largest absolute Gasteiger partial charge is 0.341 e. The van der Waals surface area contributed by atoms with Crippen molar-refractivity contribution < 1.29 is 4.79 Å². The first-order valence-corrected chi connectivity index (χ1v) is 9.02. The fraction of sp³-hybridized carbons (Fsp3) is 0.600. The lowest BCUT2D eigenvalue weighted by atomic mass is 10.1. The van der Waals surface area contributed by atoms with Crippen molar-refractivity contribution in [3.8, 4) is 0 Å². The highest BCUT2D eigenvalue weighted by Gasteiger charge is 2.20. The minimum absolute atomic E-state index is 0.183. The van der Waals surface area contributed by atoms with Crippen LogP contribution in [-0.4, -0.2) is 33.4 Å². The molecule has 24 heavy (non-hydrogen) atoms. The highest BCUT2D eigenvalue weighted by molar-refractivity contribution is 5.81. The van der Waals surface area contributed by atoms with Gasteiger partial charge in [-0.3, -0.25) is 4.79 Å². The van der Waals surface area contributed by atoms with E-state index in [2.05, 4.69) is 52.2 Å². The van der Waals surface area contributed by atoms with Gasteiger partial charge in [-0.2, -0.15) is 0 Å². The van der Waals surface area contributed by atoms with Crippen LogP contribution >= 0.6 is 0 Å². The van der Waals surface area contributed by atoms with Crippen LogP contribution in [0.25, 0.3) is 11.0 Å². The average molecular weight is 329 g/mol. The molecule has 0 N–H and O–H groups in total. The van der Waals surface area contributed by atoms with E-state index in [0.29, 0.717) is 18.4 Å². The summed E-state index contributed by atoms with van der Waals surface area (Å²) >= 11 is 0. The predicted molar refractivity (Wildman–Crippen MR) is 100 cm³/mol. The van der Waals surface area contributed by atoms with Gasteiger partial charge in [-0.15, -0.1) is 0 Å². The molecule has 2 rings (SSSR count). The molecule has 1 aromatic carbocycles. The van der Waals surface area contributed by atoms with Crippen LogP contribution in [0, 0.1) is 11.8 Å².